The molecule has 4 aromatic rings. The van der Waals surface area contributed by atoms with Gasteiger partial charge in [-0.25, -0.2) is 13.0 Å². The largest absolute Gasteiger partial charge is 0.507 e. The Bertz CT molecular complexity index is 1590. The Kier molecular flexibility index (Phi) is 8.09. The monoisotopic (exact) mass is 553 g/mol. The van der Waals surface area contributed by atoms with Gasteiger partial charge in [0.1, 0.15) is 28.8 Å². The van der Waals surface area contributed by atoms with Gasteiger partial charge in [0.25, 0.3) is 0 Å². The van der Waals surface area contributed by atoms with E-state index in [1.54, 1.807) is 36.4 Å². The van der Waals surface area contributed by atoms with Gasteiger partial charge in [-0.1, -0.05) is 41.5 Å². The maximum absolute atomic E-state index is 13.6. The van der Waals surface area contributed by atoms with Crippen LogP contribution in [0, 0.1) is 6.92 Å². The number of phenolic OH excluding ortho intramolecular Hbond substituents is 2. The first-order chi connectivity index (χ1) is 18.5. The van der Waals surface area contributed by atoms with Gasteiger partial charge in [0.05, 0.1) is 11.3 Å². The van der Waals surface area contributed by atoms with Crippen molar-refractivity contribution >= 4 is 10.0 Å². The molecule has 0 spiro atoms. The highest BCUT2D eigenvalue weighted by Crippen LogP contribution is 2.39. The van der Waals surface area contributed by atoms with E-state index in [9.17, 15) is 23.7 Å². The molecule has 206 valence electrons. The minimum atomic E-state index is -4.26. The Balaban J connectivity index is 1.71. The fraction of sp³-hybridized carbons (Fsp3) is 0.259. The van der Waals surface area contributed by atoms with Gasteiger partial charge in [-0.2, -0.15) is 4.31 Å². The van der Waals surface area contributed by atoms with Crippen molar-refractivity contribution < 1.29 is 28.5 Å². The van der Waals surface area contributed by atoms with Crippen LogP contribution in [0.3, 0.4) is 0 Å². The highest BCUT2D eigenvalue weighted by atomic mass is 32.2. The third-order valence-electron chi connectivity index (χ3n) is 6.17. The molecule has 0 aliphatic heterocycles. The second-order valence-electron chi connectivity index (χ2n) is 9.30. The van der Waals surface area contributed by atoms with Gasteiger partial charge < -0.3 is 25.0 Å². The number of para-hydroxylation sites is 2. The lowest BCUT2D eigenvalue weighted by Crippen LogP contribution is -2.27. The Morgan fingerprint density at radius 1 is 0.923 bits per heavy atom. The SMILES string of the molecule is Cc1ccccc1-n1c(O)nnc1-c1cc(S(=O)(=O)N(C)Cc2ccccc2OCCN(C)C)c(O)cc1O. The van der Waals surface area contributed by atoms with Crippen molar-refractivity contribution in [2.75, 3.05) is 34.3 Å². The maximum atomic E-state index is 13.6. The summed E-state index contributed by atoms with van der Waals surface area (Å²) in [6.07, 6.45) is 0. The zero-order valence-corrected chi connectivity index (χ0v) is 22.9. The van der Waals surface area contributed by atoms with Crippen LogP contribution >= 0.6 is 0 Å². The highest BCUT2D eigenvalue weighted by Gasteiger charge is 2.29. The number of ether oxygens (including phenoxy) is 1. The molecule has 12 heteroatoms. The summed E-state index contributed by atoms with van der Waals surface area (Å²) in [6.45, 7) is 2.91. The fourth-order valence-corrected chi connectivity index (χ4v) is 5.27. The van der Waals surface area contributed by atoms with Gasteiger partial charge in [-0.3, -0.25) is 0 Å². The van der Waals surface area contributed by atoms with Crippen LogP contribution in [-0.2, 0) is 16.6 Å². The molecule has 1 aromatic heterocycles. The first-order valence-corrected chi connectivity index (χ1v) is 13.5. The van der Waals surface area contributed by atoms with E-state index in [0.29, 0.717) is 30.2 Å². The average molecular weight is 554 g/mol. The summed E-state index contributed by atoms with van der Waals surface area (Å²) in [5.41, 5.74) is 1.93. The fourth-order valence-electron chi connectivity index (χ4n) is 4.04. The number of rotatable bonds is 10. The summed E-state index contributed by atoms with van der Waals surface area (Å²) >= 11 is 0. The molecule has 4 rings (SSSR count). The van der Waals surface area contributed by atoms with Gasteiger partial charge in [-0.15, -0.1) is 5.10 Å². The number of benzene rings is 3. The van der Waals surface area contributed by atoms with Crippen LogP contribution < -0.4 is 4.74 Å². The molecule has 0 bridgehead atoms. The molecule has 0 saturated heterocycles. The summed E-state index contributed by atoms with van der Waals surface area (Å²) in [6, 6.07) is 15.9. The molecule has 0 unspecified atom stereocenters. The van der Waals surface area contributed by atoms with Crippen LogP contribution in [0.4, 0.5) is 0 Å². The Labute approximate surface area is 227 Å². The van der Waals surface area contributed by atoms with Crippen LogP contribution in [0.2, 0.25) is 0 Å². The lowest BCUT2D eigenvalue weighted by Gasteiger charge is -2.21. The topological polar surface area (TPSA) is 141 Å². The van der Waals surface area contributed by atoms with E-state index in [1.807, 2.05) is 38.1 Å². The zero-order valence-electron chi connectivity index (χ0n) is 22.1. The number of hydrogen-bond donors (Lipinski definition) is 3. The van der Waals surface area contributed by atoms with E-state index in [0.717, 1.165) is 22.0 Å². The molecule has 0 fully saturated rings. The van der Waals surface area contributed by atoms with E-state index in [4.69, 9.17) is 4.74 Å². The Hall–Kier alpha value is -4.13. The number of likely N-dealkylation sites (N-methyl/N-ethyl adjacent to an activating group) is 1. The van der Waals surface area contributed by atoms with Crippen LogP contribution in [0.1, 0.15) is 11.1 Å². The molecule has 3 N–H and O–H groups in total. The lowest BCUT2D eigenvalue weighted by atomic mass is 10.1. The highest BCUT2D eigenvalue weighted by molar-refractivity contribution is 7.89. The predicted molar refractivity (Wildman–Crippen MR) is 146 cm³/mol. The second kappa shape index (κ2) is 11.3. The first-order valence-electron chi connectivity index (χ1n) is 12.1. The second-order valence-corrected chi connectivity index (χ2v) is 11.3. The van der Waals surface area contributed by atoms with Crippen molar-refractivity contribution in [1.82, 2.24) is 24.0 Å². The minimum absolute atomic E-state index is 0.00181. The first kappa shape index (κ1) is 27.9. The standard InChI is InChI=1S/C27H31N5O6S/c1-18-9-5-7-11-21(18)32-26(28-29-27(32)35)20-15-25(23(34)16-22(20)33)39(36,37)31(4)17-19-10-6-8-12-24(19)38-14-13-30(2)3/h5-12,15-16,33-34H,13-14,17H2,1-4H3,(H,29,35). The van der Waals surface area contributed by atoms with E-state index in [2.05, 4.69) is 10.2 Å². The van der Waals surface area contributed by atoms with Crippen LogP contribution in [0.5, 0.6) is 23.3 Å². The molecule has 0 saturated carbocycles. The molecule has 11 nitrogen and oxygen atoms in total. The molecule has 3 aromatic carbocycles. The van der Waals surface area contributed by atoms with Crippen molar-refractivity contribution in [2.45, 2.75) is 18.4 Å². The third kappa shape index (κ3) is 5.82. The van der Waals surface area contributed by atoms with Crippen molar-refractivity contribution in [3.63, 3.8) is 0 Å². The van der Waals surface area contributed by atoms with Crippen molar-refractivity contribution in [1.29, 1.82) is 0 Å². The zero-order chi connectivity index (χ0) is 28.3. The minimum Gasteiger partial charge on any atom is -0.507 e. The van der Waals surface area contributed by atoms with Gasteiger partial charge in [-0.05, 0) is 44.8 Å². The van der Waals surface area contributed by atoms with Crippen LogP contribution in [-0.4, -0.2) is 82.0 Å². The van der Waals surface area contributed by atoms with Crippen LogP contribution in [0.15, 0.2) is 65.6 Å². The summed E-state index contributed by atoms with van der Waals surface area (Å²) in [5, 5.41) is 39.4. The number of nitrogens with zero attached hydrogens (tertiary/aromatic N) is 5. The van der Waals surface area contributed by atoms with E-state index < -0.39 is 32.4 Å². The van der Waals surface area contributed by atoms with Gasteiger partial charge in [0, 0.05) is 31.8 Å². The van der Waals surface area contributed by atoms with Crippen molar-refractivity contribution in [2.24, 2.45) is 0 Å². The molecule has 0 aliphatic rings. The normalized spacial score (nSPS) is 11.8. The molecule has 0 atom stereocenters. The smallest absolute Gasteiger partial charge is 0.319 e. The van der Waals surface area contributed by atoms with E-state index in [1.165, 1.54) is 11.6 Å². The summed E-state index contributed by atoms with van der Waals surface area (Å²) in [4.78, 5) is 1.53. The lowest BCUT2D eigenvalue weighted by molar-refractivity contribution is 0.258. The molecule has 39 heavy (non-hydrogen) atoms. The summed E-state index contributed by atoms with van der Waals surface area (Å²) < 4.78 is 35.5. The van der Waals surface area contributed by atoms with E-state index in [-0.39, 0.29) is 17.9 Å². The number of phenols is 2. The molecular formula is C27H31N5O6S. The molecule has 0 radical (unpaired) electrons. The van der Waals surface area contributed by atoms with Gasteiger partial charge in [0.2, 0.25) is 10.0 Å². The molecule has 1 heterocycles. The Morgan fingerprint density at radius 3 is 2.33 bits per heavy atom. The number of aromatic nitrogens is 3. The number of hydrogen-bond acceptors (Lipinski definition) is 9. The van der Waals surface area contributed by atoms with Crippen molar-refractivity contribution in [3.05, 3.63) is 71.8 Å². The van der Waals surface area contributed by atoms with Crippen LogP contribution in [0.25, 0.3) is 17.1 Å². The predicted octanol–water partition coefficient (Wildman–Crippen LogP) is 3.12. The van der Waals surface area contributed by atoms with E-state index >= 15 is 0 Å². The number of aromatic hydroxyl groups is 3. The number of sulfonamides is 1. The maximum Gasteiger partial charge on any atom is 0.319 e. The average Bonchev–Trinajstić information content (AvgIpc) is 3.25. The molecular weight excluding hydrogens is 522 g/mol. The quantitative estimate of drug-likeness (QED) is 0.270. The van der Waals surface area contributed by atoms with Gasteiger partial charge in [0.15, 0.2) is 5.82 Å². The number of aryl methyl sites for hydroxylation is 1. The molecule has 0 amide bonds. The summed E-state index contributed by atoms with van der Waals surface area (Å²) in [5.74, 6) is -0.516. The third-order valence-corrected chi connectivity index (χ3v) is 8.00. The summed E-state index contributed by atoms with van der Waals surface area (Å²) in [7, 11) is 0.991. The van der Waals surface area contributed by atoms with Crippen molar-refractivity contribution in [3.8, 4) is 40.3 Å². The van der Waals surface area contributed by atoms with Gasteiger partial charge >= 0.3 is 6.01 Å². The Morgan fingerprint density at radius 2 is 1.62 bits per heavy atom. The molecule has 0 aliphatic carbocycles.